The van der Waals surface area contributed by atoms with Crippen LogP contribution in [0.5, 0.6) is 0 Å². The summed E-state index contributed by atoms with van der Waals surface area (Å²) >= 11 is 0. The molecule has 17 heavy (non-hydrogen) atoms. The molecule has 1 aromatic heterocycles. The van der Waals surface area contributed by atoms with E-state index >= 15 is 0 Å². The monoisotopic (exact) mass is 234 g/mol. The van der Waals surface area contributed by atoms with Gasteiger partial charge in [-0.25, -0.2) is 4.98 Å². The average molecular weight is 234 g/mol. The fourth-order valence-electron chi connectivity index (χ4n) is 2.66. The summed E-state index contributed by atoms with van der Waals surface area (Å²) in [6.07, 6.45) is 5.03. The fourth-order valence-corrected chi connectivity index (χ4v) is 2.66. The molecule has 1 aromatic rings. The zero-order chi connectivity index (χ0) is 12.3. The Bertz CT molecular complexity index is 356. The molecule has 1 fully saturated rings. The van der Waals surface area contributed by atoms with Gasteiger partial charge in [-0.2, -0.15) is 0 Å². The van der Waals surface area contributed by atoms with Crippen molar-refractivity contribution >= 4 is 5.82 Å². The minimum absolute atomic E-state index is 0.744. The van der Waals surface area contributed by atoms with Crippen LogP contribution < -0.4 is 10.2 Å². The van der Waals surface area contributed by atoms with E-state index in [0.29, 0.717) is 0 Å². The van der Waals surface area contributed by atoms with Crippen molar-refractivity contribution in [2.45, 2.75) is 26.8 Å². The molecule has 1 aliphatic heterocycles. The van der Waals surface area contributed by atoms with Crippen molar-refractivity contribution in [3.05, 3.63) is 18.1 Å². The predicted molar refractivity (Wildman–Crippen MR) is 70.0 cm³/mol. The van der Waals surface area contributed by atoms with Crippen LogP contribution in [0.1, 0.15) is 26.0 Å². The first-order chi connectivity index (χ1) is 8.19. The molecule has 0 spiro atoms. The molecule has 2 unspecified atom stereocenters. The lowest BCUT2D eigenvalue weighted by Crippen LogP contribution is -2.39. The second kappa shape index (κ2) is 5.45. The maximum atomic E-state index is 4.66. The zero-order valence-corrected chi connectivity index (χ0v) is 11.0. The Hall–Kier alpha value is -1.16. The molecule has 4 heteroatoms. The SMILES string of the molecule is CNCc1cncc(N2CC(C)CC(C)C2)n1. The molecule has 2 atom stereocenters. The number of anilines is 1. The fraction of sp³-hybridized carbons (Fsp3) is 0.692. The number of hydrogen-bond donors (Lipinski definition) is 1. The molecule has 0 saturated carbocycles. The topological polar surface area (TPSA) is 41.1 Å². The van der Waals surface area contributed by atoms with E-state index in [1.54, 1.807) is 0 Å². The van der Waals surface area contributed by atoms with Gasteiger partial charge in [0.2, 0.25) is 0 Å². The number of nitrogens with one attached hydrogen (secondary N) is 1. The molecule has 2 rings (SSSR count). The molecule has 0 radical (unpaired) electrons. The Morgan fingerprint density at radius 2 is 2.00 bits per heavy atom. The van der Waals surface area contributed by atoms with Gasteiger partial charge in [-0.05, 0) is 25.3 Å². The van der Waals surface area contributed by atoms with Crippen molar-refractivity contribution in [3.8, 4) is 0 Å². The molecule has 0 aromatic carbocycles. The Morgan fingerprint density at radius 3 is 2.65 bits per heavy atom. The first-order valence-electron chi connectivity index (χ1n) is 6.39. The van der Waals surface area contributed by atoms with E-state index in [2.05, 4.69) is 34.0 Å². The Labute approximate surface area is 103 Å². The molecule has 94 valence electrons. The summed E-state index contributed by atoms with van der Waals surface area (Å²) in [6.45, 7) is 7.60. The van der Waals surface area contributed by atoms with Crippen LogP contribution in [-0.4, -0.2) is 30.1 Å². The lowest BCUT2D eigenvalue weighted by Gasteiger charge is -2.35. The third kappa shape index (κ3) is 3.16. The largest absolute Gasteiger partial charge is 0.355 e. The van der Waals surface area contributed by atoms with Crippen molar-refractivity contribution < 1.29 is 0 Å². The van der Waals surface area contributed by atoms with Gasteiger partial charge in [0.25, 0.3) is 0 Å². The van der Waals surface area contributed by atoms with Gasteiger partial charge in [0.05, 0.1) is 11.9 Å². The maximum absolute atomic E-state index is 4.66. The summed E-state index contributed by atoms with van der Waals surface area (Å²) in [6, 6.07) is 0. The van der Waals surface area contributed by atoms with Gasteiger partial charge < -0.3 is 10.2 Å². The number of piperidine rings is 1. The predicted octanol–water partition coefficient (Wildman–Crippen LogP) is 1.68. The van der Waals surface area contributed by atoms with Crippen LogP contribution in [0.2, 0.25) is 0 Å². The van der Waals surface area contributed by atoms with Crippen LogP contribution in [0.25, 0.3) is 0 Å². The smallest absolute Gasteiger partial charge is 0.147 e. The average Bonchev–Trinajstić information content (AvgIpc) is 2.28. The first-order valence-corrected chi connectivity index (χ1v) is 6.39. The number of nitrogens with zero attached hydrogens (tertiary/aromatic N) is 3. The second-order valence-corrected chi connectivity index (χ2v) is 5.25. The van der Waals surface area contributed by atoms with Crippen molar-refractivity contribution in [1.29, 1.82) is 0 Å². The van der Waals surface area contributed by atoms with Gasteiger partial charge in [-0.1, -0.05) is 13.8 Å². The molecule has 0 amide bonds. The quantitative estimate of drug-likeness (QED) is 0.864. The van der Waals surface area contributed by atoms with Gasteiger partial charge in [0.1, 0.15) is 5.82 Å². The summed E-state index contributed by atoms with van der Waals surface area (Å²) in [5.74, 6) is 2.51. The van der Waals surface area contributed by atoms with E-state index < -0.39 is 0 Å². The molecule has 1 saturated heterocycles. The minimum atomic E-state index is 0.744. The van der Waals surface area contributed by atoms with Crippen LogP contribution in [-0.2, 0) is 6.54 Å². The van der Waals surface area contributed by atoms with Crippen LogP contribution in [0.3, 0.4) is 0 Å². The van der Waals surface area contributed by atoms with Crippen LogP contribution in [0.15, 0.2) is 12.4 Å². The van der Waals surface area contributed by atoms with E-state index in [9.17, 15) is 0 Å². The standard InChI is InChI=1S/C13H22N4/c1-10-4-11(2)9-17(8-10)13-7-15-6-12(16-13)5-14-3/h6-7,10-11,14H,4-5,8-9H2,1-3H3. The third-order valence-electron chi connectivity index (χ3n) is 3.22. The first kappa shape index (κ1) is 12.3. The normalized spacial score (nSPS) is 25.0. The van der Waals surface area contributed by atoms with Crippen molar-refractivity contribution in [1.82, 2.24) is 15.3 Å². The Balaban J connectivity index is 2.12. The van der Waals surface area contributed by atoms with E-state index in [0.717, 1.165) is 43.0 Å². The van der Waals surface area contributed by atoms with Crippen LogP contribution >= 0.6 is 0 Å². The molecule has 4 nitrogen and oxygen atoms in total. The lowest BCUT2D eigenvalue weighted by molar-refractivity contribution is 0.355. The van der Waals surface area contributed by atoms with Crippen molar-refractivity contribution in [3.63, 3.8) is 0 Å². The van der Waals surface area contributed by atoms with E-state index in [1.165, 1.54) is 6.42 Å². The van der Waals surface area contributed by atoms with Crippen molar-refractivity contribution in [2.75, 3.05) is 25.0 Å². The van der Waals surface area contributed by atoms with Gasteiger partial charge in [0, 0.05) is 25.8 Å². The summed E-state index contributed by atoms with van der Waals surface area (Å²) < 4.78 is 0. The Kier molecular flexibility index (Phi) is 3.94. The Morgan fingerprint density at radius 1 is 1.29 bits per heavy atom. The van der Waals surface area contributed by atoms with E-state index in [1.807, 2.05) is 19.4 Å². The minimum Gasteiger partial charge on any atom is -0.355 e. The molecule has 1 aliphatic rings. The molecular formula is C13H22N4. The highest BCUT2D eigenvalue weighted by atomic mass is 15.2. The lowest BCUT2D eigenvalue weighted by atomic mass is 9.92. The number of hydrogen-bond acceptors (Lipinski definition) is 4. The molecule has 0 aliphatic carbocycles. The number of aromatic nitrogens is 2. The van der Waals surface area contributed by atoms with Gasteiger partial charge in [0.15, 0.2) is 0 Å². The van der Waals surface area contributed by atoms with Gasteiger partial charge >= 0.3 is 0 Å². The highest BCUT2D eigenvalue weighted by molar-refractivity contribution is 5.37. The van der Waals surface area contributed by atoms with E-state index in [-0.39, 0.29) is 0 Å². The van der Waals surface area contributed by atoms with Crippen LogP contribution in [0, 0.1) is 11.8 Å². The molecule has 2 heterocycles. The van der Waals surface area contributed by atoms with E-state index in [4.69, 9.17) is 0 Å². The number of rotatable bonds is 3. The third-order valence-corrected chi connectivity index (χ3v) is 3.22. The molecule has 0 bridgehead atoms. The molecule has 1 N–H and O–H groups in total. The van der Waals surface area contributed by atoms with Crippen LogP contribution in [0.4, 0.5) is 5.82 Å². The maximum Gasteiger partial charge on any atom is 0.147 e. The van der Waals surface area contributed by atoms with Crippen molar-refractivity contribution in [2.24, 2.45) is 11.8 Å². The second-order valence-electron chi connectivity index (χ2n) is 5.25. The summed E-state index contributed by atoms with van der Waals surface area (Å²) in [5.41, 5.74) is 1.01. The van der Waals surface area contributed by atoms with Gasteiger partial charge in [-0.3, -0.25) is 4.98 Å². The molecular weight excluding hydrogens is 212 g/mol. The summed E-state index contributed by atoms with van der Waals surface area (Å²) in [7, 11) is 1.93. The zero-order valence-electron chi connectivity index (χ0n) is 11.0. The summed E-state index contributed by atoms with van der Waals surface area (Å²) in [5, 5.41) is 3.11. The van der Waals surface area contributed by atoms with Gasteiger partial charge in [-0.15, -0.1) is 0 Å². The summed E-state index contributed by atoms with van der Waals surface area (Å²) in [4.78, 5) is 11.3. The highest BCUT2D eigenvalue weighted by Gasteiger charge is 2.22. The highest BCUT2D eigenvalue weighted by Crippen LogP contribution is 2.24.